The van der Waals surface area contributed by atoms with Crippen LogP contribution < -0.4 is 5.32 Å². The molecule has 1 fully saturated rings. The Hall–Kier alpha value is -0.870. The molecule has 1 aliphatic rings. The van der Waals surface area contributed by atoms with Gasteiger partial charge in [0.2, 0.25) is 0 Å². The first-order valence-electron chi connectivity index (χ1n) is 7.08. The van der Waals surface area contributed by atoms with Crippen LogP contribution in [0.15, 0.2) is 12.4 Å². The van der Waals surface area contributed by atoms with Gasteiger partial charge in [0.15, 0.2) is 0 Å². The highest BCUT2D eigenvalue weighted by molar-refractivity contribution is 5.03. The van der Waals surface area contributed by atoms with Gasteiger partial charge in [0, 0.05) is 19.9 Å². The third-order valence-electron chi connectivity index (χ3n) is 4.06. The van der Waals surface area contributed by atoms with E-state index in [2.05, 4.69) is 16.6 Å². The summed E-state index contributed by atoms with van der Waals surface area (Å²) in [6.07, 6.45) is 10.1. The first-order chi connectivity index (χ1) is 8.79. The van der Waals surface area contributed by atoms with Gasteiger partial charge in [-0.2, -0.15) is 5.10 Å². The number of aliphatic hydroxyl groups is 1. The second-order valence-electron chi connectivity index (χ2n) is 5.46. The summed E-state index contributed by atoms with van der Waals surface area (Å²) in [6, 6.07) is 0. The van der Waals surface area contributed by atoms with Crippen LogP contribution >= 0.6 is 0 Å². The van der Waals surface area contributed by atoms with E-state index in [0.717, 1.165) is 19.5 Å². The van der Waals surface area contributed by atoms with E-state index in [0.29, 0.717) is 18.4 Å². The second-order valence-corrected chi connectivity index (χ2v) is 5.46. The fourth-order valence-corrected chi connectivity index (χ4v) is 2.91. The molecule has 18 heavy (non-hydrogen) atoms. The normalized spacial score (nSPS) is 24.3. The van der Waals surface area contributed by atoms with Gasteiger partial charge in [-0.05, 0) is 49.8 Å². The number of aliphatic hydroxyl groups excluding tert-OH is 1. The lowest BCUT2D eigenvalue weighted by Gasteiger charge is -2.30. The molecule has 2 unspecified atom stereocenters. The summed E-state index contributed by atoms with van der Waals surface area (Å²) >= 11 is 0. The Balaban J connectivity index is 1.65. The standard InChI is InChI=1S/C14H25N3O/c1-17-10-12(8-16-17)6-7-15-9-13-4-2-3-5-14(13)11-18/h8,10,13-15,18H,2-7,9,11H2,1H3. The molecule has 1 aromatic heterocycles. The summed E-state index contributed by atoms with van der Waals surface area (Å²) < 4.78 is 1.85. The van der Waals surface area contributed by atoms with Crippen LogP contribution in [0, 0.1) is 11.8 Å². The molecule has 2 atom stereocenters. The lowest BCUT2D eigenvalue weighted by atomic mass is 9.79. The molecule has 4 heteroatoms. The maximum absolute atomic E-state index is 9.36. The lowest BCUT2D eigenvalue weighted by molar-refractivity contribution is 0.133. The van der Waals surface area contributed by atoms with E-state index in [1.165, 1.54) is 31.2 Å². The van der Waals surface area contributed by atoms with Crippen molar-refractivity contribution in [1.82, 2.24) is 15.1 Å². The number of aromatic nitrogens is 2. The summed E-state index contributed by atoms with van der Waals surface area (Å²) in [5.74, 6) is 1.18. The van der Waals surface area contributed by atoms with Crippen LogP contribution in [0.2, 0.25) is 0 Å². The summed E-state index contributed by atoms with van der Waals surface area (Å²) in [5.41, 5.74) is 1.28. The van der Waals surface area contributed by atoms with Gasteiger partial charge in [0.1, 0.15) is 0 Å². The zero-order chi connectivity index (χ0) is 12.8. The Bertz CT molecular complexity index is 351. The van der Waals surface area contributed by atoms with Crippen molar-refractivity contribution < 1.29 is 5.11 Å². The van der Waals surface area contributed by atoms with Crippen molar-refractivity contribution in [3.63, 3.8) is 0 Å². The SMILES string of the molecule is Cn1cc(CCNCC2CCCCC2CO)cn1. The molecule has 0 spiro atoms. The molecular formula is C14H25N3O. The van der Waals surface area contributed by atoms with E-state index < -0.39 is 0 Å². The van der Waals surface area contributed by atoms with Gasteiger partial charge < -0.3 is 10.4 Å². The molecule has 102 valence electrons. The van der Waals surface area contributed by atoms with Gasteiger partial charge in [0.25, 0.3) is 0 Å². The highest BCUT2D eigenvalue weighted by atomic mass is 16.3. The Labute approximate surface area is 109 Å². The van der Waals surface area contributed by atoms with Crippen molar-refractivity contribution in [3.05, 3.63) is 18.0 Å². The topological polar surface area (TPSA) is 50.1 Å². The summed E-state index contributed by atoms with van der Waals surface area (Å²) in [7, 11) is 1.95. The van der Waals surface area contributed by atoms with E-state index in [4.69, 9.17) is 0 Å². The Morgan fingerprint density at radius 3 is 2.83 bits per heavy atom. The fraction of sp³-hybridized carbons (Fsp3) is 0.786. The lowest BCUT2D eigenvalue weighted by Crippen LogP contribution is -2.33. The largest absolute Gasteiger partial charge is 0.396 e. The Kier molecular flexibility index (Phi) is 5.20. The minimum Gasteiger partial charge on any atom is -0.396 e. The first-order valence-corrected chi connectivity index (χ1v) is 7.08. The predicted octanol–water partition coefficient (Wildman–Crippen LogP) is 1.35. The van der Waals surface area contributed by atoms with Crippen LogP contribution in [0.3, 0.4) is 0 Å². The molecule has 0 aliphatic heterocycles. The van der Waals surface area contributed by atoms with Crippen molar-refractivity contribution >= 4 is 0 Å². The minimum absolute atomic E-state index is 0.356. The quantitative estimate of drug-likeness (QED) is 0.750. The summed E-state index contributed by atoms with van der Waals surface area (Å²) in [4.78, 5) is 0. The van der Waals surface area contributed by atoms with E-state index in [-0.39, 0.29) is 0 Å². The highest BCUT2D eigenvalue weighted by Crippen LogP contribution is 2.28. The fourth-order valence-electron chi connectivity index (χ4n) is 2.91. The van der Waals surface area contributed by atoms with Crippen LogP contribution in [-0.4, -0.2) is 34.6 Å². The van der Waals surface area contributed by atoms with Gasteiger partial charge in [-0.1, -0.05) is 12.8 Å². The number of hydrogen-bond acceptors (Lipinski definition) is 3. The van der Waals surface area contributed by atoms with Crippen LogP contribution in [-0.2, 0) is 13.5 Å². The monoisotopic (exact) mass is 251 g/mol. The number of aryl methyl sites for hydroxylation is 1. The minimum atomic E-state index is 0.356. The Morgan fingerprint density at radius 1 is 1.39 bits per heavy atom. The molecule has 1 aliphatic carbocycles. The zero-order valence-electron chi connectivity index (χ0n) is 11.3. The van der Waals surface area contributed by atoms with Crippen molar-refractivity contribution in [1.29, 1.82) is 0 Å². The van der Waals surface area contributed by atoms with Gasteiger partial charge >= 0.3 is 0 Å². The number of hydrogen-bond donors (Lipinski definition) is 2. The third kappa shape index (κ3) is 3.82. The van der Waals surface area contributed by atoms with Crippen LogP contribution in [0.1, 0.15) is 31.2 Å². The molecule has 0 radical (unpaired) electrons. The molecule has 1 heterocycles. The van der Waals surface area contributed by atoms with Gasteiger partial charge in [-0.15, -0.1) is 0 Å². The predicted molar refractivity (Wildman–Crippen MR) is 72.3 cm³/mol. The van der Waals surface area contributed by atoms with Crippen LogP contribution in [0.5, 0.6) is 0 Å². The van der Waals surface area contributed by atoms with E-state index in [9.17, 15) is 5.11 Å². The smallest absolute Gasteiger partial charge is 0.0522 e. The molecule has 2 rings (SSSR count). The van der Waals surface area contributed by atoms with Crippen molar-refractivity contribution in [3.8, 4) is 0 Å². The third-order valence-corrected chi connectivity index (χ3v) is 4.06. The molecular weight excluding hydrogens is 226 g/mol. The molecule has 0 amide bonds. The summed E-state index contributed by atoms with van der Waals surface area (Å²) in [5, 5.41) is 17.1. The van der Waals surface area contributed by atoms with E-state index >= 15 is 0 Å². The summed E-state index contributed by atoms with van der Waals surface area (Å²) in [6.45, 7) is 2.40. The van der Waals surface area contributed by atoms with Crippen molar-refractivity contribution in [2.75, 3.05) is 19.7 Å². The van der Waals surface area contributed by atoms with E-state index in [1.54, 1.807) is 0 Å². The molecule has 4 nitrogen and oxygen atoms in total. The van der Waals surface area contributed by atoms with Crippen LogP contribution in [0.25, 0.3) is 0 Å². The molecule has 1 aromatic rings. The van der Waals surface area contributed by atoms with Crippen molar-refractivity contribution in [2.45, 2.75) is 32.1 Å². The zero-order valence-corrected chi connectivity index (χ0v) is 11.3. The molecule has 0 aromatic carbocycles. The number of nitrogens with one attached hydrogen (secondary N) is 1. The molecule has 0 bridgehead atoms. The van der Waals surface area contributed by atoms with Gasteiger partial charge in [-0.3, -0.25) is 4.68 Å². The second kappa shape index (κ2) is 6.90. The molecule has 1 saturated carbocycles. The van der Waals surface area contributed by atoms with E-state index in [1.807, 2.05) is 17.9 Å². The van der Waals surface area contributed by atoms with Gasteiger partial charge in [-0.25, -0.2) is 0 Å². The average Bonchev–Trinajstić information content (AvgIpc) is 2.81. The number of rotatable bonds is 6. The maximum Gasteiger partial charge on any atom is 0.0522 e. The Morgan fingerprint density at radius 2 is 2.17 bits per heavy atom. The molecule has 2 N–H and O–H groups in total. The average molecular weight is 251 g/mol. The van der Waals surface area contributed by atoms with Crippen molar-refractivity contribution in [2.24, 2.45) is 18.9 Å². The van der Waals surface area contributed by atoms with Crippen LogP contribution in [0.4, 0.5) is 0 Å². The first kappa shape index (κ1) is 13.6. The maximum atomic E-state index is 9.36. The molecule has 0 saturated heterocycles. The van der Waals surface area contributed by atoms with Gasteiger partial charge in [0.05, 0.1) is 6.20 Å². The number of nitrogens with zero attached hydrogens (tertiary/aromatic N) is 2. The highest BCUT2D eigenvalue weighted by Gasteiger charge is 2.23.